The van der Waals surface area contributed by atoms with Crippen molar-refractivity contribution in [2.24, 2.45) is 5.92 Å². The van der Waals surface area contributed by atoms with Crippen LogP contribution in [0.3, 0.4) is 0 Å². The Morgan fingerprint density at radius 1 is 1.20 bits per heavy atom. The summed E-state index contributed by atoms with van der Waals surface area (Å²) in [5.41, 5.74) is 0. The number of aliphatic carboxylic acids is 2. The van der Waals surface area contributed by atoms with Crippen molar-refractivity contribution >= 4 is 18.0 Å². The van der Waals surface area contributed by atoms with E-state index in [1.807, 2.05) is 0 Å². The number of urea groups is 1. The number of carboxylic acids is 2. The number of amides is 2. The predicted octanol–water partition coefficient (Wildman–Crippen LogP) is -0.282. The van der Waals surface area contributed by atoms with Crippen LogP contribution in [-0.2, 0) is 9.59 Å². The summed E-state index contributed by atoms with van der Waals surface area (Å²) in [6.45, 7) is 1.01. The molecule has 1 rings (SSSR count). The number of likely N-dealkylation sites (tertiary alicyclic amines) is 1. The van der Waals surface area contributed by atoms with Gasteiger partial charge in [0.15, 0.2) is 0 Å². The molecule has 0 aliphatic carbocycles. The molecule has 8 nitrogen and oxygen atoms in total. The molecule has 1 atom stereocenters. The Labute approximate surface area is 116 Å². The van der Waals surface area contributed by atoms with Gasteiger partial charge in [-0.15, -0.1) is 0 Å². The van der Waals surface area contributed by atoms with Gasteiger partial charge in [0.05, 0.1) is 0 Å². The van der Waals surface area contributed by atoms with E-state index in [1.165, 1.54) is 4.90 Å². The molecule has 0 saturated carbocycles. The van der Waals surface area contributed by atoms with Crippen molar-refractivity contribution in [2.75, 3.05) is 19.7 Å². The molecule has 1 aliphatic rings. The molecule has 0 aromatic rings. The van der Waals surface area contributed by atoms with Crippen LogP contribution >= 0.6 is 0 Å². The van der Waals surface area contributed by atoms with Gasteiger partial charge in [-0.05, 0) is 25.2 Å². The summed E-state index contributed by atoms with van der Waals surface area (Å²) in [5.74, 6) is -2.17. The maximum Gasteiger partial charge on any atom is 0.326 e. The number of carbonyl (C=O) groups excluding carboxylic acids is 1. The molecule has 0 radical (unpaired) electrons. The normalized spacial score (nSPS) is 17.6. The van der Waals surface area contributed by atoms with Crippen molar-refractivity contribution in [3.05, 3.63) is 0 Å². The van der Waals surface area contributed by atoms with Gasteiger partial charge in [0.1, 0.15) is 6.04 Å². The first-order valence-corrected chi connectivity index (χ1v) is 6.55. The first-order valence-electron chi connectivity index (χ1n) is 6.55. The van der Waals surface area contributed by atoms with E-state index in [1.54, 1.807) is 0 Å². The highest BCUT2D eigenvalue weighted by Crippen LogP contribution is 2.16. The van der Waals surface area contributed by atoms with Crippen molar-refractivity contribution in [3.8, 4) is 0 Å². The van der Waals surface area contributed by atoms with E-state index >= 15 is 0 Å². The predicted molar refractivity (Wildman–Crippen MR) is 68.2 cm³/mol. The first kappa shape index (κ1) is 16.2. The van der Waals surface area contributed by atoms with Gasteiger partial charge >= 0.3 is 18.0 Å². The average molecular weight is 288 g/mol. The third-order valence-electron chi connectivity index (χ3n) is 3.40. The van der Waals surface area contributed by atoms with Crippen molar-refractivity contribution in [1.82, 2.24) is 10.2 Å². The third-order valence-corrected chi connectivity index (χ3v) is 3.40. The number of carboxylic acid groups (broad SMARTS) is 2. The molecule has 8 heteroatoms. The fourth-order valence-electron chi connectivity index (χ4n) is 2.08. The number of hydrogen-bond acceptors (Lipinski definition) is 4. The number of aliphatic hydroxyl groups excluding tert-OH is 1. The summed E-state index contributed by atoms with van der Waals surface area (Å²) in [5, 5.41) is 28.8. The van der Waals surface area contributed by atoms with Crippen LogP contribution in [0.4, 0.5) is 4.79 Å². The van der Waals surface area contributed by atoms with Crippen molar-refractivity contribution in [1.29, 1.82) is 0 Å². The molecule has 0 spiro atoms. The Hall–Kier alpha value is -1.83. The lowest BCUT2D eigenvalue weighted by molar-refractivity contribution is -0.140. The second kappa shape index (κ2) is 7.68. The van der Waals surface area contributed by atoms with Gasteiger partial charge in [-0.2, -0.15) is 0 Å². The zero-order valence-electron chi connectivity index (χ0n) is 11.1. The highest BCUT2D eigenvalue weighted by atomic mass is 16.4. The second-order valence-corrected chi connectivity index (χ2v) is 4.89. The van der Waals surface area contributed by atoms with Crippen molar-refractivity contribution in [2.45, 2.75) is 31.7 Å². The lowest BCUT2D eigenvalue weighted by Gasteiger charge is -2.32. The number of nitrogens with zero attached hydrogens (tertiary/aromatic N) is 1. The summed E-state index contributed by atoms with van der Waals surface area (Å²) < 4.78 is 0. The van der Waals surface area contributed by atoms with Crippen LogP contribution in [0.1, 0.15) is 25.7 Å². The van der Waals surface area contributed by atoms with Gasteiger partial charge in [-0.1, -0.05) is 0 Å². The van der Waals surface area contributed by atoms with E-state index in [-0.39, 0.29) is 25.4 Å². The number of aliphatic hydroxyl groups is 1. The van der Waals surface area contributed by atoms with Gasteiger partial charge in [-0.3, -0.25) is 4.79 Å². The molecule has 20 heavy (non-hydrogen) atoms. The topological polar surface area (TPSA) is 127 Å². The van der Waals surface area contributed by atoms with E-state index in [9.17, 15) is 14.4 Å². The van der Waals surface area contributed by atoms with E-state index in [0.717, 1.165) is 0 Å². The molecule has 0 unspecified atom stereocenters. The number of hydrogen-bond donors (Lipinski definition) is 4. The van der Waals surface area contributed by atoms with E-state index in [0.29, 0.717) is 25.9 Å². The maximum atomic E-state index is 11.9. The summed E-state index contributed by atoms with van der Waals surface area (Å²) in [6.07, 6.45) is 0.890. The molecular formula is C12H20N2O6. The van der Waals surface area contributed by atoms with Crippen LogP contribution < -0.4 is 5.32 Å². The molecule has 0 bridgehead atoms. The van der Waals surface area contributed by atoms with E-state index in [2.05, 4.69) is 5.32 Å². The Kier molecular flexibility index (Phi) is 6.23. The number of carbonyl (C=O) groups is 3. The first-order chi connectivity index (χ1) is 9.43. The van der Waals surface area contributed by atoms with Crippen LogP contribution in [0.15, 0.2) is 0 Å². The number of rotatable bonds is 6. The van der Waals surface area contributed by atoms with Gasteiger partial charge in [0.25, 0.3) is 0 Å². The average Bonchev–Trinajstić information content (AvgIpc) is 2.42. The smallest absolute Gasteiger partial charge is 0.326 e. The number of piperidine rings is 1. The minimum atomic E-state index is -1.25. The monoisotopic (exact) mass is 288 g/mol. The number of nitrogens with one attached hydrogen (secondary N) is 1. The molecule has 114 valence electrons. The Morgan fingerprint density at radius 3 is 2.25 bits per heavy atom. The van der Waals surface area contributed by atoms with Gasteiger partial charge in [-0.25, -0.2) is 9.59 Å². The third kappa shape index (κ3) is 5.04. The Morgan fingerprint density at radius 2 is 1.80 bits per heavy atom. The van der Waals surface area contributed by atoms with E-state index in [4.69, 9.17) is 15.3 Å². The van der Waals surface area contributed by atoms with Crippen LogP contribution in [0.5, 0.6) is 0 Å². The summed E-state index contributed by atoms with van der Waals surface area (Å²) in [4.78, 5) is 34.8. The minimum Gasteiger partial charge on any atom is -0.481 e. The lowest BCUT2D eigenvalue weighted by atomic mass is 9.98. The fraction of sp³-hybridized carbons (Fsp3) is 0.750. The highest BCUT2D eigenvalue weighted by molar-refractivity contribution is 5.83. The van der Waals surface area contributed by atoms with Crippen molar-refractivity contribution < 1.29 is 29.7 Å². The molecule has 0 aromatic carbocycles. The standard InChI is InChI=1S/C12H20N2O6/c15-7-8-3-5-14(6-4-8)12(20)13-9(11(18)19)1-2-10(16)17/h8-9,15H,1-7H2,(H,13,20)(H,16,17)(H,18,19)/t9-/m0/s1. The van der Waals surface area contributed by atoms with Crippen LogP contribution in [0.25, 0.3) is 0 Å². The largest absolute Gasteiger partial charge is 0.481 e. The molecule has 2 amide bonds. The summed E-state index contributed by atoms with van der Waals surface area (Å²) >= 11 is 0. The highest BCUT2D eigenvalue weighted by Gasteiger charge is 2.26. The molecule has 1 aliphatic heterocycles. The van der Waals surface area contributed by atoms with Gasteiger partial charge < -0.3 is 25.5 Å². The fourth-order valence-corrected chi connectivity index (χ4v) is 2.08. The van der Waals surface area contributed by atoms with Gasteiger partial charge in [0, 0.05) is 26.1 Å². The molecule has 1 saturated heterocycles. The van der Waals surface area contributed by atoms with Crippen LogP contribution in [0.2, 0.25) is 0 Å². The molecule has 4 N–H and O–H groups in total. The molecule has 1 heterocycles. The molecular weight excluding hydrogens is 268 g/mol. The summed E-state index contributed by atoms with van der Waals surface area (Å²) in [6, 6.07) is -1.70. The minimum absolute atomic E-state index is 0.0891. The zero-order valence-corrected chi connectivity index (χ0v) is 11.1. The second-order valence-electron chi connectivity index (χ2n) is 4.89. The van der Waals surface area contributed by atoms with Crippen LogP contribution in [0, 0.1) is 5.92 Å². The zero-order chi connectivity index (χ0) is 15.1. The van der Waals surface area contributed by atoms with E-state index < -0.39 is 24.0 Å². The maximum absolute atomic E-state index is 11.9. The van der Waals surface area contributed by atoms with Gasteiger partial charge in [0.2, 0.25) is 0 Å². The Bertz CT molecular complexity index is 365. The lowest BCUT2D eigenvalue weighted by Crippen LogP contribution is -2.50. The SMILES string of the molecule is O=C(O)CC[C@H](NC(=O)N1CCC(CO)CC1)C(=O)O. The summed E-state index contributed by atoms with van der Waals surface area (Å²) in [7, 11) is 0. The van der Waals surface area contributed by atoms with Crippen molar-refractivity contribution in [3.63, 3.8) is 0 Å². The molecule has 1 fully saturated rings. The Balaban J connectivity index is 2.45. The van der Waals surface area contributed by atoms with Crippen LogP contribution in [-0.4, -0.2) is 63.9 Å². The molecule has 0 aromatic heterocycles. The quantitative estimate of drug-likeness (QED) is 0.532.